The zero-order valence-electron chi connectivity index (χ0n) is 11.2. The number of fused-ring (bicyclic) bond motifs is 1. The number of hydrogen-bond donors (Lipinski definition) is 0. The van der Waals surface area contributed by atoms with Crippen LogP contribution in [0, 0.1) is 0 Å². The molecule has 0 aromatic carbocycles. The minimum absolute atomic E-state index is 0.121. The molecule has 0 aliphatic heterocycles. The summed E-state index contributed by atoms with van der Waals surface area (Å²) in [6.45, 7) is 1.91. The molecule has 0 amide bonds. The van der Waals surface area contributed by atoms with Crippen LogP contribution < -0.4 is 4.74 Å². The molecule has 0 saturated heterocycles. The van der Waals surface area contributed by atoms with E-state index < -0.39 is 0 Å². The Morgan fingerprint density at radius 2 is 2.00 bits per heavy atom. The normalized spacial score (nSPS) is 12.9. The molecule has 0 aliphatic carbocycles. The lowest BCUT2D eigenvalue weighted by atomic mass is 10.1. The summed E-state index contributed by atoms with van der Waals surface area (Å²) >= 11 is 0. The first-order chi connectivity index (χ1) is 8.54. The van der Waals surface area contributed by atoms with Crippen molar-refractivity contribution < 1.29 is 9.53 Å². The maximum atomic E-state index is 12.4. The van der Waals surface area contributed by atoms with Gasteiger partial charge in [0.2, 0.25) is 0 Å². The molecule has 2 aromatic heterocycles. The zero-order chi connectivity index (χ0) is 13.3. The van der Waals surface area contributed by atoms with Gasteiger partial charge in [-0.25, -0.2) is 0 Å². The lowest BCUT2D eigenvalue weighted by Gasteiger charge is -2.17. The van der Waals surface area contributed by atoms with Crippen LogP contribution >= 0.6 is 0 Å². The van der Waals surface area contributed by atoms with Crippen molar-refractivity contribution in [2.45, 2.75) is 13.0 Å². The summed E-state index contributed by atoms with van der Waals surface area (Å²) in [6, 6.07) is 5.48. The molecule has 2 rings (SSSR count). The van der Waals surface area contributed by atoms with Crippen molar-refractivity contribution in [3.05, 3.63) is 36.2 Å². The summed E-state index contributed by atoms with van der Waals surface area (Å²) in [6.07, 6.45) is 3.79. The number of methoxy groups -OCH3 is 1. The van der Waals surface area contributed by atoms with Crippen molar-refractivity contribution >= 4 is 11.3 Å². The van der Waals surface area contributed by atoms with Crippen molar-refractivity contribution in [1.82, 2.24) is 9.30 Å². The van der Waals surface area contributed by atoms with Gasteiger partial charge in [0.25, 0.3) is 0 Å². The lowest BCUT2D eigenvalue weighted by Crippen LogP contribution is -2.32. The second kappa shape index (κ2) is 4.82. The lowest BCUT2D eigenvalue weighted by molar-refractivity contribution is 0.0892. The average Bonchev–Trinajstić information content (AvgIpc) is 2.79. The fourth-order valence-electron chi connectivity index (χ4n) is 1.87. The maximum Gasteiger partial charge on any atom is 0.181 e. The number of ketones is 1. The first-order valence-electron chi connectivity index (χ1n) is 5.90. The molecule has 1 unspecified atom stereocenters. The Bertz CT molecular complexity index is 572. The molecular weight excluding hydrogens is 228 g/mol. The van der Waals surface area contributed by atoms with E-state index in [0.717, 1.165) is 16.8 Å². The van der Waals surface area contributed by atoms with Gasteiger partial charge >= 0.3 is 0 Å². The third-order valence-electron chi connectivity index (χ3n) is 3.29. The number of aromatic nitrogens is 1. The van der Waals surface area contributed by atoms with E-state index in [1.54, 1.807) is 7.11 Å². The minimum atomic E-state index is -0.137. The number of Topliss-reactive ketones (excluding diaryl/α,β-unsaturated/α-hetero) is 1. The van der Waals surface area contributed by atoms with E-state index in [0.29, 0.717) is 0 Å². The van der Waals surface area contributed by atoms with E-state index in [2.05, 4.69) is 0 Å². The number of ether oxygens (including phenoxy) is 1. The van der Waals surface area contributed by atoms with Gasteiger partial charge in [0.05, 0.1) is 18.7 Å². The van der Waals surface area contributed by atoms with Crippen molar-refractivity contribution in [3.8, 4) is 5.75 Å². The van der Waals surface area contributed by atoms with Gasteiger partial charge in [0, 0.05) is 24.0 Å². The van der Waals surface area contributed by atoms with Gasteiger partial charge in [-0.1, -0.05) is 0 Å². The quantitative estimate of drug-likeness (QED) is 0.775. The van der Waals surface area contributed by atoms with Gasteiger partial charge in [0.15, 0.2) is 5.78 Å². The van der Waals surface area contributed by atoms with Gasteiger partial charge < -0.3 is 9.14 Å². The Balaban J connectivity index is 2.48. The molecule has 0 N–H and O–H groups in total. The number of hydrogen-bond acceptors (Lipinski definition) is 3. The summed E-state index contributed by atoms with van der Waals surface area (Å²) < 4.78 is 7.13. The number of carbonyl (C=O) groups excluding carboxylic acids is 1. The van der Waals surface area contributed by atoms with Crippen molar-refractivity contribution in [1.29, 1.82) is 0 Å². The number of nitrogens with zero attached hydrogens (tertiary/aromatic N) is 2. The van der Waals surface area contributed by atoms with Crippen LogP contribution in [-0.2, 0) is 0 Å². The van der Waals surface area contributed by atoms with Crippen LogP contribution in [0.2, 0.25) is 0 Å². The highest BCUT2D eigenvalue weighted by Crippen LogP contribution is 2.20. The zero-order valence-corrected chi connectivity index (χ0v) is 11.2. The molecule has 4 heteroatoms. The fourth-order valence-corrected chi connectivity index (χ4v) is 1.87. The van der Waals surface area contributed by atoms with Crippen LogP contribution in [0.1, 0.15) is 17.3 Å². The van der Waals surface area contributed by atoms with E-state index in [9.17, 15) is 4.79 Å². The summed E-state index contributed by atoms with van der Waals surface area (Å²) in [5.41, 5.74) is 1.61. The topological polar surface area (TPSA) is 34.0 Å². The highest BCUT2D eigenvalue weighted by atomic mass is 16.5. The summed E-state index contributed by atoms with van der Waals surface area (Å²) in [7, 11) is 5.43. The smallest absolute Gasteiger partial charge is 0.181 e. The molecule has 4 nitrogen and oxygen atoms in total. The molecule has 18 heavy (non-hydrogen) atoms. The van der Waals surface area contributed by atoms with E-state index in [1.165, 1.54) is 0 Å². The molecule has 0 fully saturated rings. The first kappa shape index (κ1) is 12.6. The van der Waals surface area contributed by atoms with Gasteiger partial charge in [-0.15, -0.1) is 0 Å². The Morgan fingerprint density at radius 3 is 2.61 bits per heavy atom. The molecule has 0 saturated carbocycles. The average molecular weight is 246 g/mol. The second-order valence-corrected chi connectivity index (χ2v) is 4.59. The molecule has 0 spiro atoms. The maximum absolute atomic E-state index is 12.4. The van der Waals surface area contributed by atoms with Crippen LogP contribution in [-0.4, -0.2) is 42.3 Å². The Hall–Kier alpha value is -1.81. The molecular formula is C14H18N2O2. The SMILES string of the molecule is COc1ccn2ccc(C(=O)C(C)N(C)C)c2c1. The summed E-state index contributed by atoms with van der Waals surface area (Å²) in [5, 5.41) is 0. The minimum Gasteiger partial charge on any atom is -0.497 e. The van der Waals surface area contributed by atoms with Crippen molar-refractivity contribution in [2.75, 3.05) is 21.2 Å². The van der Waals surface area contributed by atoms with Crippen LogP contribution in [0.25, 0.3) is 5.52 Å². The van der Waals surface area contributed by atoms with Crippen molar-refractivity contribution in [3.63, 3.8) is 0 Å². The van der Waals surface area contributed by atoms with Crippen LogP contribution in [0.15, 0.2) is 30.6 Å². The Labute approximate surface area is 107 Å². The molecule has 0 bridgehead atoms. The van der Waals surface area contributed by atoms with E-state index in [4.69, 9.17) is 4.74 Å². The third kappa shape index (κ3) is 2.11. The highest BCUT2D eigenvalue weighted by Gasteiger charge is 2.20. The van der Waals surface area contributed by atoms with E-state index in [-0.39, 0.29) is 11.8 Å². The van der Waals surface area contributed by atoms with Gasteiger partial charge in [0.1, 0.15) is 5.75 Å². The molecule has 1 atom stereocenters. The number of carbonyl (C=O) groups is 1. The molecule has 0 radical (unpaired) electrons. The predicted molar refractivity (Wildman–Crippen MR) is 71.4 cm³/mol. The van der Waals surface area contributed by atoms with Crippen LogP contribution in [0.5, 0.6) is 5.75 Å². The molecule has 2 heterocycles. The molecule has 2 aromatic rings. The summed E-state index contributed by atoms with van der Waals surface area (Å²) in [4.78, 5) is 14.3. The number of rotatable bonds is 4. The van der Waals surface area contributed by atoms with Crippen LogP contribution in [0.3, 0.4) is 0 Å². The fraction of sp³-hybridized carbons (Fsp3) is 0.357. The third-order valence-corrected chi connectivity index (χ3v) is 3.29. The standard InChI is InChI=1S/C14H18N2O2/c1-10(15(2)3)14(17)12-6-8-16-7-5-11(18-4)9-13(12)16/h5-10H,1-4H3. The van der Waals surface area contributed by atoms with E-state index in [1.807, 2.05) is 60.9 Å². The first-order valence-corrected chi connectivity index (χ1v) is 5.90. The number of pyridine rings is 1. The highest BCUT2D eigenvalue weighted by molar-refractivity contribution is 6.05. The van der Waals surface area contributed by atoms with Crippen molar-refractivity contribution in [2.24, 2.45) is 0 Å². The molecule has 0 aliphatic rings. The monoisotopic (exact) mass is 246 g/mol. The van der Waals surface area contributed by atoms with Gasteiger partial charge in [-0.3, -0.25) is 9.69 Å². The van der Waals surface area contributed by atoms with Gasteiger partial charge in [-0.05, 0) is 33.2 Å². The van der Waals surface area contributed by atoms with Crippen LogP contribution in [0.4, 0.5) is 0 Å². The molecule has 96 valence electrons. The summed E-state index contributed by atoms with van der Waals surface area (Å²) in [5.74, 6) is 0.878. The van der Waals surface area contributed by atoms with E-state index >= 15 is 0 Å². The second-order valence-electron chi connectivity index (χ2n) is 4.59. The largest absolute Gasteiger partial charge is 0.497 e. The Kier molecular flexibility index (Phi) is 3.39. The Morgan fingerprint density at radius 1 is 1.33 bits per heavy atom. The number of likely N-dealkylation sites (N-methyl/N-ethyl adjacent to an activating group) is 1. The predicted octanol–water partition coefficient (Wildman–Crippen LogP) is 2.08. The van der Waals surface area contributed by atoms with Gasteiger partial charge in [-0.2, -0.15) is 0 Å².